The van der Waals surface area contributed by atoms with Crippen LogP contribution in [0.4, 0.5) is 5.69 Å². The van der Waals surface area contributed by atoms with Gasteiger partial charge in [-0.25, -0.2) is 0 Å². The molecule has 0 aliphatic carbocycles. The van der Waals surface area contributed by atoms with Gasteiger partial charge in [-0.15, -0.1) is 0 Å². The van der Waals surface area contributed by atoms with Crippen molar-refractivity contribution >= 4 is 23.6 Å². The first-order valence-corrected chi connectivity index (χ1v) is 8.27. The number of carbonyl (C=O) groups is 2. The van der Waals surface area contributed by atoms with E-state index in [1.54, 1.807) is 41.4 Å². The van der Waals surface area contributed by atoms with E-state index in [1.165, 1.54) is 0 Å². The smallest absolute Gasteiger partial charge is 0.227 e. The minimum absolute atomic E-state index is 0.0303. The van der Waals surface area contributed by atoms with E-state index < -0.39 is 0 Å². The molecule has 2 aromatic rings. The van der Waals surface area contributed by atoms with Crippen molar-refractivity contribution in [2.24, 2.45) is 13.0 Å². The Morgan fingerprint density at radius 2 is 2.32 bits per heavy atom. The molecule has 1 N–H and O–H groups in total. The third kappa shape index (κ3) is 4.32. The van der Waals surface area contributed by atoms with Crippen LogP contribution in [0.5, 0.6) is 0 Å². The van der Waals surface area contributed by atoms with Gasteiger partial charge in [-0.1, -0.05) is 18.2 Å². The number of hydrogen-bond donors (Lipinski definition) is 1. The van der Waals surface area contributed by atoms with Crippen LogP contribution in [-0.4, -0.2) is 39.7 Å². The number of aryl methyl sites for hydroxylation is 1. The molecule has 25 heavy (non-hydrogen) atoms. The van der Waals surface area contributed by atoms with Crippen LogP contribution in [-0.2, 0) is 16.6 Å². The number of pyridine rings is 1. The third-order valence-electron chi connectivity index (χ3n) is 4.17. The molecule has 7 heteroatoms. The lowest BCUT2D eigenvalue weighted by Gasteiger charge is -2.30. The zero-order valence-corrected chi connectivity index (χ0v) is 14.1. The van der Waals surface area contributed by atoms with Gasteiger partial charge in [-0.05, 0) is 18.1 Å². The fraction of sp³-hybridized carbons (Fsp3) is 0.333. The van der Waals surface area contributed by atoms with Gasteiger partial charge in [0.05, 0.1) is 17.8 Å². The largest absolute Gasteiger partial charge is 0.352 e. The molecule has 7 nitrogen and oxygen atoms in total. The van der Waals surface area contributed by atoms with E-state index in [0.29, 0.717) is 25.9 Å². The summed E-state index contributed by atoms with van der Waals surface area (Å²) in [6.45, 7) is 0.841. The first kappa shape index (κ1) is 16.9. The summed E-state index contributed by atoms with van der Waals surface area (Å²) in [6, 6.07) is 3.81. The first-order chi connectivity index (χ1) is 12.1. The van der Waals surface area contributed by atoms with E-state index in [1.807, 2.05) is 24.3 Å². The fourth-order valence-electron chi connectivity index (χ4n) is 2.83. The average Bonchev–Trinajstić information content (AvgIpc) is 3.06. The van der Waals surface area contributed by atoms with Crippen molar-refractivity contribution in [2.45, 2.75) is 12.8 Å². The maximum absolute atomic E-state index is 12.4. The molecule has 0 spiro atoms. The predicted octanol–water partition coefficient (Wildman–Crippen LogP) is 1.39. The van der Waals surface area contributed by atoms with Crippen LogP contribution in [0.15, 0.2) is 43.0 Å². The molecule has 0 radical (unpaired) electrons. The monoisotopic (exact) mass is 339 g/mol. The van der Waals surface area contributed by atoms with Crippen LogP contribution in [0.1, 0.15) is 18.4 Å². The van der Waals surface area contributed by atoms with E-state index >= 15 is 0 Å². The number of anilines is 1. The lowest BCUT2D eigenvalue weighted by molar-refractivity contribution is -0.127. The van der Waals surface area contributed by atoms with Crippen LogP contribution >= 0.6 is 0 Å². The molecule has 1 aliphatic rings. The quantitative estimate of drug-likeness (QED) is 0.893. The predicted molar refractivity (Wildman–Crippen MR) is 94.6 cm³/mol. The number of nitrogens with one attached hydrogen (secondary N) is 1. The number of amides is 2. The van der Waals surface area contributed by atoms with E-state index in [9.17, 15) is 9.59 Å². The molecule has 3 heterocycles. The molecule has 1 saturated heterocycles. The summed E-state index contributed by atoms with van der Waals surface area (Å²) in [7, 11) is 1.80. The molecule has 2 amide bonds. The molecule has 0 saturated carbocycles. The van der Waals surface area contributed by atoms with Crippen LogP contribution in [0, 0.1) is 5.92 Å². The lowest BCUT2D eigenvalue weighted by Crippen LogP contribution is -2.45. The zero-order valence-electron chi connectivity index (χ0n) is 14.1. The normalized spacial score (nSPS) is 17.9. The molecule has 130 valence electrons. The Morgan fingerprint density at radius 3 is 3.04 bits per heavy atom. The molecule has 1 aliphatic heterocycles. The van der Waals surface area contributed by atoms with Gasteiger partial charge in [0, 0.05) is 45.1 Å². The van der Waals surface area contributed by atoms with Gasteiger partial charge < -0.3 is 10.2 Å². The van der Waals surface area contributed by atoms with Gasteiger partial charge in [-0.3, -0.25) is 19.3 Å². The van der Waals surface area contributed by atoms with Crippen LogP contribution in [0.3, 0.4) is 0 Å². The lowest BCUT2D eigenvalue weighted by atomic mass is 9.96. The van der Waals surface area contributed by atoms with Crippen molar-refractivity contribution < 1.29 is 9.59 Å². The summed E-state index contributed by atoms with van der Waals surface area (Å²) in [5.41, 5.74) is 1.73. The zero-order chi connectivity index (χ0) is 17.6. The maximum atomic E-state index is 12.4. The topological polar surface area (TPSA) is 80.1 Å². The van der Waals surface area contributed by atoms with E-state index in [4.69, 9.17) is 0 Å². The summed E-state index contributed by atoms with van der Waals surface area (Å²) in [5.74, 6) is -0.199. The first-order valence-electron chi connectivity index (χ1n) is 8.27. The Bertz CT molecular complexity index is 769. The molecule has 1 unspecified atom stereocenters. The molecular formula is C18H21N5O2. The molecular weight excluding hydrogens is 318 g/mol. The average molecular weight is 339 g/mol. The number of piperidine rings is 1. The summed E-state index contributed by atoms with van der Waals surface area (Å²) in [6.07, 6.45) is 11.7. The Morgan fingerprint density at radius 1 is 1.44 bits per heavy atom. The minimum atomic E-state index is -0.204. The van der Waals surface area contributed by atoms with Gasteiger partial charge in [-0.2, -0.15) is 5.10 Å². The molecule has 0 aromatic carbocycles. The second-order valence-electron chi connectivity index (χ2n) is 6.05. The van der Waals surface area contributed by atoms with Gasteiger partial charge in [0.2, 0.25) is 11.8 Å². The van der Waals surface area contributed by atoms with Gasteiger partial charge in [0.1, 0.15) is 0 Å². The van der Waals surface area contributed by atoms with Crippen molar-refractivity contribution in [3.63, 3.8) is 0 Å². The van der Waals surface area contributed by atoms with Crippen LogP contribution < -0.4 is 10.2 Å². The Labute approximate surface area is 146 Å². The summed E-state index contributed by atoms with van der Waals surface area (Å²) >= 11 is 0. The summed E-state index contributed by atoms with van der Waals surface area (Å²) in [5, 5.41) is 7.00. The molecule has 0 bridgehead atoms. The summed E-state index contributed by atoms with van der Waals surface area (Å²) < 4.78 is 1.65. The maximum Gasteiger partial charge on any atom is 0.227 e. The fourth-order valence-corrected chi connectivity index (χ4v) is 2.83. The minimum Gasteiger partial charge on any atom is -0.352 e. The van der Waals surface area contributed by atoms with Crippen molar-refractivity contribution in [2.75, 3.05) is 18.0 Å². The summed E-state index contributed by atoms with van der Waals surface area (Å²) in [4.78, 5) is 30.2. The second-order valence-corrected chi connectivity index (χ2v) is 6.05. The molecule has 1 atom stereocenters. The highest BCUT2D eigenvalue weighted by molar-refractivity contribution is 5.96. The van der Waals surface area contributed by atoms with E-state index in [2.05, 4.69) is 15.4 Å². The number of aromatic nitrogens is 3. The van der Waals surface area contributed by atoms with Crippen LogP contribution in [0.2, 0.25) is 0 Å². The Kier molecular flexibility index (Phi) is 5.23. The van der Waals surface area contributed by atoms with Crippen molar-refractivity contribution in [1.29, 1.82) is 0 Å². The van der Waals surface area contributed by atoms with Crippen molar-refractivity contribution in [3.05, 3.63) is 48.6 Å². The number of rotatable bonds is 5. The SMILES string of the molecule is Cn1cc(N2CC(C(=O)NC/C=C/c3cccnc3)CCC2=O)cn1. The van der Waals surface area contributed by atoms with E-state index in [-0.39, 0.29) is 17.7 Å². The number of carbonyl (C=O) groups excluding carboxylic acids is 2. The highest BCUT2D eigenvalue weighted by Crippen LogP contribution is 2.23. The molecule has 2 aromatic heterocycles. The number of hydrogen-bond acceptors (Lipinski definition) is 4. The van der Waals surface area contributed by atoms with E-state index in [0.717, 1.165) is 11.3 Å². The van der Waals surface area contributed by atoms with Gasteiger partial charge in [0.25, 0.3) is 0 Å². The van der Waals surface area contributed by atoms with Crippen LogP contribution in [0.25, 0.3) is 6.08 Å². The molecule has 3 rings (SSSR count). The van der Waals surface area contributed by atoms with Gasteiger partial charge >= 0.3 is 0 Å². The van der Waals surface area contributed by atoms with Gasteiger partial charge in [0.15, 0.2) is 0 Å². The highest BCUT2D eigenvalue weighted by atomic mass is 16.2. The van der Waals surface area contributed by atoms with Crippen molar-refractivity contribution in [3.8, 4) is 0 Å². The molecule has 1 fully saturated rings. The third-order valence-corrected chi connectivity index (χ3v) is 4.17. The standard InChI is InChI=1S/C18H21N5O2/c1-22-13-16(11-21-22)23-12-15(6-7-17(23)24)18(25)20-9-3-5-14-4-2-8-19-10-14/h2-5,8,10-11,13,15H,6-7,9,12H2,1H3,(H,20,25)/b5-3+. The highest BCUT2D eigenvalue weighted by Gasteiger charge is 2.31. The van der Waals surface area contributed by atoms with Crippen molar-refractivity contribution in [1.82, 2.24) is 20.1 Å². The Balaban J connectivity index is 1.53. The number of nitrogens with zero attached hydrogens (tertiary/aromatic N) is 4. The second kappa shape index (κ2) is 7.74. The Hall–Kier alpha value is -2.96.